The van der Waals surface area contributed by atoms with Gasteiger partial charge in [-0.15, -0.1) is 0 Å². The molecule has 0 aliphatic heterocycles. The standard InChI is InChI=1S/C8H14N4OS/c1-8(2,3)13-4-5-10-6(9)12-7(14)11-5/h4H2,1-3H3,(H3,9,10,11,12,14). The zero-order chi connectivity index (χ0) is 10.8. The fourth-order valence-corrected chi connectivity index (χ4v) is 1.01. The number of aromatic nitrogens is 3. The maximum absolute atomic E-state index is 5.50. The molecule has 3 N–H and O–H groups in total. The van der Waals surface area contributed by atoms with E-state index in [1.54, 1.807) is 0 Å². The van der Waals surface area contributed by atoms with E-state index >= 15 is 0 Å². The summed E-state index contributed by atoms with van der Waals surface area (Å²) in [5, 5.41) is 0. The summed E-state index contributed by atoms with van der Waals surface area (Å²) < 4.78 is 5.73. The third-order valence-corrected chi connectivity index (χ3v) is 1.54. The summed E-state index contributed by atoms with van der Waals surface area (Å²) in [5.74, 6) is 0.856. The minimum Gasteiger partial charge on any atom is -0.369 e. The summed E-state index contributed by atoms with van der Waals surface area (Å²) in [6.45, 7) is 6.24. The van der Waals surface area contributed by atoms with E-state index in [0.29, 0.717) is 12.4 Å². The van der Waals surface area contributed by atoms with Gasteiger partial charge in [-0.05, 0) is 33.0 Å². The van der Waals surface area contributed by atoms with Crippen molar-refractivity contribution in [1.29, 1.82) is 0 Å². The summed E-state index contributed by atoms with van der Waals surface area (Å²) >= 11 is 4.82. The molecule has 0 atom stereocenters. The van der Waals surface area contributed by atoms with Crippen LogP contribution in [0, 0.1) is 4.77 Å². The van der Waals surface area contributed by atoms with Crippen molar-refractivity contribution in [3.05, 3.63) is 10.6 Å². The van der Waals surface area contributed by atoms with E-state index < -0.39 is 0 Å². The Morgan fingerprint density at radius 2 is 2.07 bits per heavy atom. The number of H-pyrrole nitrogens is 1. The number of hydrogen-bond acceptors (Lipinski definition) is 5. The Balaban J connectivity index is 2.73. The van der Waals surface area contributed by atoms with Crippen molar-refractivity contribution < 1.29 is 4.74 Å². The van der Waals surface area contributed by atoms with Crippen LogP contribution in [-0.4, -0.2) is 20.6 Å². The van der Waals surface area contributed by atoms with Gasteiger partial charge in [0.05, 0.1) is 5.60 Å². The highest BCUT2D eigenvalue weighted by atomic mass is 32.1. The molecule has 0 bridgehead atoms. The fourth-order valence-electron chi connectivity index (χ4n) is 0.800. The van der Waals surface area contributed by atoms with Gasteiger partial charge >= 0.3 is 0 Å². The van der Waals surface area contributed by atoms with Gasteiger partial charge in [0, 0.05) is 0 Å². The molecule has 0 amide bonds. The lowest BCUT2D eigenvalue weighted by Crippen LogP contribution is -2.20. The molecular weight excluding hydrogens is 200 g/mol. The highest BCUT2D eigenvalue weighted by Crippen LogP contribution is 2.09. The number of rotatable bonds is 2. The van der Waals surface area contributed by atoms with Gasteiger partial charge in [0.2, 0.25) is 10.7 Å². The minimum atomic E-state index is -0.213. The Labute approximate surface area is 87.7 Å². The molecule has 0 saturated heterocycles. The molecule has 0 unspecified atom stereocenters. The second-order valence-corrected chi connectivity index (χ2v) is 4.23. The first-order valence-corrected chi connectivity index (χ1v) is 4.64. The van der Waals surface area contributed by atoms with E-state index in [4.69, 9.17) is 22.7 Å². The van der Waals surface area contributed by atoms with Crippen LogP contribution in [0.5, 0.6) is 0 Å². The van der Waals surface area contributed by atoms with Crippen molar-refractivity contribution in [2.45, 2.75) is 33.0 Å². The molecule has 78 valence electrons. The third-order valence-electron chi connectivity index (χ3n) is 1.36. The second kappa shape index (κ2) is 4.02. The van der Waals surface area contributed by atoms with E-state index in [-0.39, 0.29) is 16.3 Å². The van der Waals surface area contributed by atoms with Gasteiger partial charge in [0.25, 0.3) is 0 Å². The van der Waals surface area contributed by atoms with Gasteiger partial charge < -0.3 is 15.5 Å². The Bertz CT molecular complexity index is 368. The number of anilines is 1. The van der Waals surface area contributed by atoms with E-state index in [2.05, 4.69) is 15.0 Å². The molecule has 14 heavy (non-hydrogen) atoms. The maximum atomic E-state index is 5.50. The Morgan fingerprint density at radius 3 is 2.57 bits per heavy atom. The van der Waals surface area contributed by atoms with Gasteiger partial charge in [-0.3, -0.25) is 0 Å². The first kappa shape index (κ1) is 11.1. The molecule has 0 spiro atoms. The summed E-state index contributed by atoms with van der Waals surface area (Å²) in [4.78, 5) is 10.5. The van der Waals surface area contributed by atoms with Gasteiger partial charge in [-0.1, -0.05) is 0 Å². The fraction of sp³-hybridized carbons (Fsp3) is 0.625. The molecular formula is C8H14N4OS. The van der Waals surface area contributed by atoms with Crippen LogP contribution in [0.15, 0.2) is 0 Å². The van der Waals surface area contributed by atoms with E-state index in [1.807, 2.05) is 20.8 Å². The first-order chi connectivity index (χ1) is 6.37. The summed E-state index contributed by atoms with van der Waals surface area (Å²) in [6, 6.07) is 0. The van der Waals surface area contributed by atoms with Gasteiger partial charge in [-0.25, -0.2) is 4.98 Å². The number of aromatic amines is 1. The van der Waals surface area contributed by atoms with Crippen LogP contribution in [0.3, 0.4) is 0 Å². The molecule has 1 aromatic heterocycles. The van der Waals surface area contributed by atoms with E-state index in [1.165, 1.54) is 0 Å². The molecule has 5 nitrogen and oxygen atoms in total. The summed E-state index contributed by atoms with van der Waals surface area (Å²) in [5.41, 5.74) is 5.26. The predicted octanol–water partition coefficient (Wildman–Crippen LogP) is 1.43. The van der Waals surface area contributed by atoms with E-state index in [9.17, 15) is 0 Å². The molecule has 0 aliphatic carbocycles. The zero-order valence-corrected chi connectivity index (χ0v) is 9.31. The lowest BCUT2D eigenvalue weighted by molar-refractivity contribution is -0.0182. The number of nitrogens with zero attached hydrogens (tertiary/aromatic N) is 2. The number of nitrogens with two attached hydrogens (primary N) is 1. The molecule has 0 aliphatic rings. The quantitative estimate of drug-likeness (QED) is 0.728. The molecule has 0 radical (unpaired) electrons. The normalized spacial score (nSPS) is 11.6. The average Bonchev–Trinajstić information content (AvgIpc) is 1.97. The van der Waals surface area contributed by atoms with Crippen LogP contribution < -0.4 is 5.73 Å². The second-order valence-electron chi connectivity index (χ2n) is 3.86. The van der Waals surface area contributed by atoms with E-state index in [0.717, 1.165) is 0 Å². The van der Waals surface area contributed by atoms with Crippen LogP contribution >= 0.6 is 12.2 Å². The van der Waals surface area contributed by atoms with Crippen LogP contribution in [0.4, 0.5) is 5.95 Å². The average molecular weight is 214 g/mol. The van der Waals surface area contributed by atoms with Gasteiger partial charge in [0.15, 0.2) is 0 Å². The molecule has 1 aromatic rings. The van der Waals surface area contributed by atoms with Crippen molar-refractivity contribution in [2.75, 3.05) is 5.73 Å². The SMILES string of the molecule is CC(C)(C)OCc1nc(=S)nc(N)[nH]1. The lowest BCUT2D eigenvalue weighted by Gasteiger charge is -2.18. The van der Waals surface area contributed by atoms with Crippen LogP contribution in [0.25, 0.3) is 0 Å². The number of nitrogens with one attached hydrogen (secondary N) is 1. The van der Waals surface area contributed by atoms with Crippen molar-refractivity contribution >= 4 is 18.2 Å². The highest BCUT2D eigenvalue weighted by molar-refractivity contribution is 7.71. The summed E-state index contributed by atoms with van der Waals surface area (Å²) in [6.07, 6.45) is 0. The Kier molecular flexibility index (Phi) is 3.17. The smallest absolute Gasteiger partial charge is 0.224 e. The third kappa shape index (κ3) is 3.80. The van der Waals surface area contributed by atoms with Gasteiger partial charge in [-0.2, -0.15) is 4.98 Å². The molecule has 0 aromatic carbocycles. The van der Waals surface area contributed by atoms with Gasteiger partial charge in [0.1, 0.15) is 12.4 Å². The zero-order valence-electron chi connectivity index (χ0n) is 8.50. The molecule has 0 fully saturated rings. The molecule has 1 heterocycles. The monoisotopic (exact) mass is 214 g/mol. The number of nitrogen functional groups attached to an aromatic ring is 1. The topological polar surface area (TPSA) is 76.8 Å². The predicted molar refractivity (Wildman–Crippen MR) is 56.2 cm³/mol. The number of ether oxygens (including phenoxy) is 1. The summed E-state index contributed by atoms with van der Waals surface area (Å²) in [7, 11) is 0. The Morgan fingerprint density at radius 1 is 1.43 bits per heavy atom. The molecule has 0 saturated carbocycles. The van der Waals surface area contributed by atoms with Crippen LogP contribution in [-0.2, 0) is 11.3 Å². The molecule has 1 rings (SSSR count). The van der Waals surface area contributed by atoms with Crippen LogP contribution in [0.1, 0.15) is 26.6 Å². The van der Waals surface area contributed by atoms with Crippen LogP contribution in [0.2, 0.25) is 0 Å². The minimum absolute atomic E-state index is 0.213. The highest BCUT2D eigenvalue weighted by Gasteiger charge is 2.10. The van der Waals surface area contributed by atoms with Crippen molar-refractivity contribution in [3.63, 3.8) is 0 Å². The maximum Gasteiger partial charge on any atom is 0.224 e. The first-order valence-electron chi connectivity index (χ1n) is 4.23. The molecule has 6 heteroatoms. The number of hydrogen-bond donors (Lipinski definition) is 2. The largest absolute Gasteiger partial charge is 0.369 e. The van der Waals surface area contributed by atoms with Crippen molar-refractivity contribution in [2.24, 2.45) is 0 Å². The van der Waals surface area contributed by atoms with Crippen molar-refractivity contribution in [3.8, 4) is 0 Å². The lowest BCUT2D eigenvalue weighted by atomic mass is 10.2. The van der Waals surface area contributed by atoms with Crippen molar-refractivity contribution in [1.82, 2.24) is 15.0 Å². The Hall–Kier alpha value is -1.01.